The van der Waals surface area contributed by atoms with Crippen molar-refractivity contribution in [2.75, 3.05) is 0 Å². The van der Waals surface area contributed by atoms with Gasteiger partial charge in [0.1, 0.15) is 17.7 Å². The van der Waals surface area contributed by atoms with Crippen molar-refractivity contribution in [1.82, 2.24) is 0 Å². The average molecular weight is 467 g/mol. The van der Waals surface area contributed by atoms with Crippen molar-refractivity contribution in [3.05, 3.63) is 65.5 Å². The smallest absolute Gasteiger partial charge is 0.343 e. The van der Waals surface area contributed by atoms with Crippen LogP contribution in [-0.4, -0.2) is 18.0 Å². The third-order valence-electron chi connectivity index (χ3n) is 7.52. The van der Waals surface area contributed by atoms with Crippen LogP contribution in [0.2, 0.25) is 0 Å². The Morgan fingerprint density at radius 3 is 2.41 bits per heavy atom. The van der Waals surface area contributed by atoms with Gasteiger partial charge in [0.05, 0.1) is 11.1 Å². The Balaban J connectivity index is 1.25. The second-order valence-electron chi connectivity index (χ2n) is 9.96. The fraction of sp³-hybridized carbons (Fsp3) is 0.517. The maximum atomic E-state index is 13.3. The van der Waals surface area contributed by atoms with Gasteiger partial charge >= 0.3 is 11.9 Å². The number of hydrogen-bond acceptors (Lipinski definition) is 4. The van der Waals surface area contributed by atoms with Gasteiger partial charge in [0.25, 0.3) is 0 Å². The van der Waals surface area contributed by atoms with E-state index in [9.17, 15) is 14.0 Å². The molecular weight excluding hydrogens is 431 g/mol. The predicted molar refractivity (Wildman–Crippen MR) is 129 cm³/mol. The molecule has 0 aromatic heterocycles. The molecule has 4 nitrogen and oxygen atoms in total. The molecule has 0 radical (unpaired) electrons. The van der Waals surface area contributed by atoms with Gasteiger partial charge in [-0.25, -0.2) is 14.0 Å². The first kappa shape index (κ1) is 24.4. The van der Waals surface area contributed by atoms with Crippen molar-refractivity contribution in [3.63, 3.8) is 0 Å². The monoisotopic (exact) mass is 466 g/mol. The fourth-order valence-corrected chi connectivity index (χ4v) is 5.66. The molecule has 2 saturated carbocycles. The zero-order valence-corrected chi connectivity index (χ0v) is 20.0. The molecule has 2 aromatic carbocycles. The van der Waals surface area contributed by atoms with E-state index < -0.39 is 11.8 Å². The third-order valence-corrected chi connectivity index (χ3v) is 7.52. The molecule has 34 heavy (non-hydrogen) atoms. The molecule has 0 saturated heterocycles. The van der Waals surface area contributed by atoms with E-state index in [1.54, 1.807) is 24.3 Å². The van der Waals surface area contributed by atoms with Crippen LogP contribution < -0.4 is 4.74 Å². The molecule has 2 aliphatic rings. The van der Waals surface area contributed by atoms with Gasteiger partial charge < -0.3 is 9.47 Å². The van der Waals surface area contributed by atoms with E-state index in [4.69, 9.17) is 9.47 Å². The summed E-state index contributed by atoms with van der Waals surface area (Å²) >= 11 is 0. The Kier molecular flexibility index (Phi) is 8.36. The first-order valence-corrected chi connectivity index (χ1v) is 12.8. The number of halogens is 1. The Morgan fingerprint density at radius 1 is 0.882 bits per heavy atom. The first-order valence-electron chi connectivity index (χ1n) is 12.8. The number of unbranched alkanes of at least 4 members (excludes halogenated alkanes) is 2. The van der Waals surface area contributed by atoms with Crippen molar-refractivity contribution < 1.29 is 23.5 Å². The van der Waals surface area contributed by atoms with E-state index in [0.717, 1.165) is 37.2 Å². The Bertz CT molecular complexity index is 970. The van der Waals surface area contributed by atoms with Crippen molar-refractivity contribution in [3.8, 4) is 5.75 Å². The molecule has 2 aromatic rings. The van der Waals surface area contributed by atoms with Crippen LogP contribution >= 0.6 is 0 Å². The summed E-state index contributed by atoms with van der Waals surface area (Å²) in [5.41, 5.74) is 0.571. The molecule has 4 unspecified atom stereocenters. The molecular formula is C29H35FO4. The summed E-state index contributed by atoms with van der Waals surface area (Å²) in [6.07, 6.45) is 12.4. The highest BCUT2D eigenvalue weighted by atomic mass is 19.1. The quantitative estimate of drug-likeness (QED) is 0.232. The molecule has 182 valence electrons. The highest BCUT2D eigenvalue weighted by molar-refractivity contribution is 5.92. The van der Waals surface area contributed by atoms with Crippen LogP contribution in [0.1, 0.15) is 91.8 Å². The predicted octanol–water partition coefficient (Wildman–Crippen LogP) is 7.37. The summed E-state index contributed by atoms with van der Waals surface area (Å²) in [6.45, 7) is 2.26. The fourth-order valence-electron chi connectivity index (χ4n) is 5.66. The third kappa shape index (κ3) is 6.46. The molecule has 5 heteroatoms. The van der Waals surface area contributed by atoms with E-state index >= 15 is 0 Å². The molecule has 0 bridgehead atoms. The van der Waals surface area contributed by atoms with Crippen molar-refractivity contribution in [2.45, 2.75) is 77.2 Å². The number of benzene rings is 2. The van der Waals surface area contributed by atoms with E-state index in [1.807, 2.05) is 0 Å². The summed E-state index contributed by atoms with van der Waals surface area (Å²) < 4.78 is 24.4. The number of rotatable bonds is 8. The van der Waals surface area contributed by atoms with Crippen LogP contribution in [-0.2, 0) is 4.74 Å². The zero-order chi connectivity index (χ0) is 23.9. The normalized spacial score (nSPS) is 24.2. The van der Waals surface area contributed by atoms with E-state index in [2.05, 4.69) is 6.92 Å². The van der Waals surface area contributed by atoms with Crippen LogP contribution in [0.15, 0.2) is 48.5 Å². The first-order chi connectivity index (χ1) is 16.5. The SMILES string of the molecule is CCCCCC1CCC2CC(OC(=O)c3ccc(OC(=O)c4cccc(F)c4)cc3)CCC2C1. The summed E-state index contributed by atoms with van der Waals surface area (Å²) in [4.78, 5) is 24.9. The number of carbonyl (C=O) groups excluding carboxylic acids is 2. The van der Waals surface area contributed by atoms with Gasteiger partial charge in [-0.1, -0.05) is 45.1 Å². The Hall–Kier alpha value is -2.69. The summed E-state index contributed by atoms with van der Waals surface area (Å²) in [5.74, 6) is 1.18. The lowest BCUT2D eigenvalue weighted by molar-refractivity contribution is -0.00628. The minimum absolute atomic E-state index is 0.0177. The van der Waals surface area contributed by atoms with E-state index in [-0.39, 0.29) is 17.6 Å². The van der Waals surface area contributed by atoms with Gasteiger partial charge in [-0.15, -0.1) is 0 Å². The topological polar surface area (TPSA) is 52.6 Å². The number of hydrogen-bond donors (Lipinski definition) is 0. The van der Waals surface area contributed by atoms with E-state index in [1.165, 1.54) is 63.1 Å². The van der Waals surface area contributed by atoms with Gasteiger partial charge in [-0.05, 0) is 92.3 Å². The van der Waals surface area contributed by atoms with Gasteiger partial charge in [-0.3, -0.25) is 0 Å². The van der Waals surface area contributed by atoms with Crippen LogP contribution in [0.25, 0.3) is 0 Å². The molecule has 0 heterocycles. The lowest BCUT2D eigenvalue weighted by Crippen LogP contribution is -2.35. The van der Waals surface area contributed by atoms with Crippen LogP contribution in [0.4, 0.5) is 4.39 Å². The molecule has 0 aliphatic heterocycles. The molecule has 0 amide bonds. The maximum absolute atomic E-state index is 13.3. The molecule has 2 aliphatic carbocycles. The summed E-state index contributed by atoms with van der Waals surface area (Å²) in [7, 11) is 0. The van der Waals surface area contributed by atoms with Crippen LogP contribution in [0, 0.1) is 23.6 Å². The number of esters is 2. The van der Waals surface area contributed by atoms with Gasteiger partial charge in [0, 0.05) is 0 Å². The molecule has 4 rings (SSSR count). The van der Waals surface area contributed by atoms with Crippen molar-refractivity contribution >= 4 is 11.9 Å². The van der Waals surface area contributed by atoms with Gasteiger partial charge in [0.2, 0.25) is 0 Å². The highest BCUT2D eigenvalue weighted by Gasteiger charge is 2.36. The van der Waals surface area contributed by atoms with Crippen LogP contribution in [0.5, 0.6) is 5.75 Å². The number of ether oxygens (including phenoxy) is 2. The number of carbonyl (C=O) groups is 2. The second-order valence-corrected chi connectivity index (χ2v) is 9.96. The molecule has 2 fully saturated rings. The highest BCUT2D eigenvalue weighted by Crippen LogP contribution is 2.44. The minimum Gasteiger partial charge on any atom is -0.459 e. The summed E-state index contributed by atoms with van der Waals surface area (Å²) in [6, 6.07) is 11.7. The second kappa shape index (κ2) is 11.6. The lowest BCUT2D eigenvalue weighted by atomic mass is 9.66. The van der Waals surface area contributed by atoms with Crippen molar-refractivity contribution in [1.29, 1.82) is 0 Å². The van der Waals surface area contributed by atoms with Gasteiger partial charge in [0.15, 0.2) is 0 Å². The standard InChI is InChI=1S/C29H35FO4/c1-2-3-4-6-20-9-10-23-19-27(16-13-22(23)17-20)34-28(31)21-11-14-26(15-12-21)33-29(32)24-7-5-8-25(30)18-24/h5,7-8,11-12,14-15,18,20,22-23,27H,2-4,6,9-10,13,16-17,19H2,1H3. The van der Waals surface area contributed by atoms with Gasteiger partial charge in [-0.2, -0.15) is 0 Å². The Labute approximate surface area is 201 Å². The zero-order valence-electron chi connectivity index (χ0n) is 20.0. The number of fused-ring (bicyclic) bond motifs is 1. The maximum Gasteiger partial charge on any atom is 0.343 e. The van der Waals surface area contributed by atoms with E-state index in [0.29, 0.717) is 17.2 Å². The molecule has 0 N–H and O–H groups in total. The molecule has 4 atom stereocenters. The lowest BCUT2D eigenvalue weighted by Gasteiger charge is -2.42. The average Bonchev–Trinajstić information content (AvgIpc) is 2.84. The largest absolute Gasteiger partial charge is 0.459 e. The summed E-state index contributed by atoms with van der Waals surface area (Å²) in [5, 5.41) is 0. The molecule has 0 spiro atoms. The minimum atomic E-state index is -0.647. The van der Waals surface area contributed by atoms with Crippen molar-refractivity contribution in [2.24, 2.45) is 17.8 Å². The Morgan fingerprint density at radius 2 is 1.65 bits per heavy atom. The van der Waals surface area contributed by atoms with Crippen LogP contribution in [0.3, 0.4) is 0 Å².